The van der Waals surface area contributed by atoms with Crippen LogP contribution in [0.5, 0.6) is 11.8 Å². The molecular formula is C35H43F2N5O4. The predicted octanol–water partition coefficient (Wildman–Crippen LogP) is 4.57. The van der Waals surface area contributed by atoms with Crippen LogP contribution < -0.4 is 9.47 Å². The smallest absolute Gasteiger partial charge is 0.272 e. The minimum absolute atomic E-state index is 0.0528. The number of alkyl halides is 2. The van der Waals surface area contributed by atoms with Gasteiger partial charge in [-0.3, -0.25) is 14.6 Å². The molecule has 246 valence electrons. The van der Waals surface area contributed by atoms with Gasteiger partial charge in [-0.25, -0.2) is 8.78 Å². The Morgan fingerprint density at radius 1 is 0.913 bits per heavy atom. The monoisotopic (exact) mass is 635 g/mol. The average Bonchev–Trinajstić information content (AvgIpc) is 3.93. The van der Waals surface area contributed by atoms with E-state index in [0.717, 1.165) is 19.4 Å². The van der Waals surface area contributed by atoms with Crippen molar-refractivity contribution in [1.29, 1.82) is 0 Å². The molecular weight excluding hydrogens is 592 g/mol. The van der Waals surface area contributed by atoms with Crippen molar-refractivity contribution in [3.8, 4) is 11.8 Å². The van der Waals surface area contributed by atoms with Crippen LogP contribution in [0.4, 0.5) is 8.78 Å². The number of hydrogen-bond acceptors (Lipinski definition) is 8. The first-order chi connectivity index (χ1) is 22.4. The van der Waals surface area contributed by atoms with Crippen molar-refractivity contribution in [1.82, 2.24) is 24.7 Å². The fourth-order valence-electron chi connectivity index (χ4n) is 6.94. The molecule has 1 aromatic heterocycles. The number of ether oxygens (including phenoxy) is 3. The number of carbonyl (C=O) groups excluding carboxylic acids is 1. The molecule has 2 aliphatic heterocycles. The third-order valence-corrected chi connectivity index (χ3v) is 9.26. The van der Waals surface area contributed by atoms with Crippen LogP contribution in [0.25, 0.3) is 0 Å². The molecule has 0 bridgehead atoms. The van der Waals surface area contributed by atoms with Crippen molar-refractivity contribution in [2.45, 2.75) is 56.2 Å². The molecule has 1 saturated carbocycles. The van der Waals surface area contributed by atoms with Gasteiger partial charge in [0, 0.05) is 70.3 Å². The van der Waals surface area contributed by atoms with Crippen LogP contribution >= 0.6 is 0 Å². The van der Waals surface area contributed by atoms with Crippen LogP contribution in [0.3, 0.4) is 0 Å². The van der Waals surface area contributed by atoms with Gasteiger partial charge < -0.3 is 19.1 Å². The van der Waals surface area contributed by atoms with Gasteiger partial charge >= 0.3 is 0 Å². The summed E-state index contributed by atoms with van der Waals surface area (Å²) in [4.78, 5) is 29.3. The SMILES string of the molecule is COCCC(=O)N1CCN2[C@H](CN(Cc3c(OC)nc(C4CC4)nc3OCC(F)F)C[C@H]2C(c2ccccc2)c2ccccc2)C1. The van der Waals surface area contributed by atoms with E-state index in [4.69, 9.17) is 19.2 Å². The van der Waals surface area contributed by atoms with Crippen LogP contribution in [0.15, 0.2) is 60.7 Å². The summed E-state index contributed by atoms with van der Waals surface area (Å²) >= 11 is 0. The maximum absolute atomic E-state index is 13.3. The van der Waals surface area contributed by atoms with Crippen LogP contribution in [0.1, 0.15) is 53.6 Å². The Labute approximate surface area is 269 Å². The number of amides is 1. The summed E-state index contributed by atoms with van der Waals surface area (Å²) in [6, 6.07) is 21.2. The number of methoxy groups -OCH3 is 2. The highest BCUT2D eigenvalue weighted by Crippen LogP contribution is 2.41. The van der Waals surface area contributed by atoms with E-state index in [1.807, 2.05) is 17.0 Å². The quantitative estimate of drug-likeness (QED) is 0.270. The third-order valence-electron chi connectivity index (χ3n) is 9.26. The minimum atomic E-state index is -2.63. The molecule has 3 aromatic rings. The van der Waals surface area contributed by atoms with E-state index in [9.17, 15) is 13.6 Å². The Morgan fingerprint density at radius 3 is 2.20 bits per heavy atom. The number of piperazine rings is 2. The van der Waals surface area contributed by atoms with Crippen molar-refractivity contribution in [3.63, 3.8) is 0 Å². The minimum Gasteiger partial charge on any atom is -0.481 e. The highest BCUT2D eigenvalue weighted by atomic mass is 19.3. The molecule has 3 fully saturated rings. The van der Waals surface area contributed by atoms with Crippen molar-refractivity contribution in [2.75, 3.05) is 60.2 Å². The summed E-state index contributed by atoms with van der Waals surface area (Å²) in [5.74, 6) is 1.46. The number of hydrogen-bond donors (Lipinski definition) is 0. The van der Waals surface area contributed by atoms with Gasteiger partial charge in [-0.15, -0.1) is 0 Å². The van der Waals surface area contributed by atoms with E-state index >= 15 is 0 Å². The molecule has 3 heterocycles. The number of rotatable bonds is 13. The van der Waals surface area contributed by atoms with Crippen molar-refractivity contribution < 1.29 is 27.8 Å². The third kappa shape index (κ3) is 7.48. The lowest BCUT2D eigenvalue weighted by molar-refractivity contribution is -0.137. The highest BCUT2D eigenvalue weighted by Gasteiger charge is 2.43. The summed E-state index contributed by atoms with van der Waals surface area (Å²) in [6.07, 6.45) is -0.364. The van der Waals surface area contributed by atoms with Crippen molar-refractivity contribution in [3.05, 3.63) is 83.2 Å². The molecule has 2 aromatic carbocycles. The van der Waals surface area contributed by atoms with Gasteiger partial charge in [-0.1, -0.05) is 60.7 Å². The zero-order valence-electron chi connectivity index (χ0n) is 26.6. The van der Waals surface area contributed by atoms with Crippen LogP contribution in [-0.4, -0.2) is 109 Å². The molecule has 1 amide bonds. The molecule has 46 heavy (non-hydrogen) atoms. The lowest BCUT2D eigenvalue weighted by Crippen LogP contribution is -2.67. The topological polar surface area (TPSA) is 80.3 Å². The Balaban J connectivity index is 1.36. The van der Waals surface area contributed by atoms with Gasteiger partial charge in [-0.05, 0) is 24.0 Å². The van der Waals surface area contributed by atoms with Crippen molar-refractivity contribution >= 4 is 5.91 Å². The molecule has 2 atom stereocenters. The van der Waals surface area contributed by atoms with E-state index in [1.54, 1.807) is 14.2 Å². The summed E-state index contributed by atoms with van der Waals surface area (Å²) in [6.45, 7) is 3.37. The zero-order chi connectivity index (χ0) is 32.0. The standard InChI is InChI=1S/C35H43F2N5O4/c1-44-18-15-31(43)41-16-17-42-27(20-41)19-40(22-29(42)32(24-9-5-3-6-10-24)25-11-7-4-8-12-25)21-28-34(45-2)38-33(26-13-14-26)39-35(28)46-23-30(36)37/h3-12,26-27,29-30,32H,13-23H2,1-2H3/t27-,29+/m1/s1. The molecule has 0 N–H and O–H groups in total. The Bertz CT molecular complexity index is 1410. The maximum atomic E-state index is 13.3. The molecule has 0 radical (unpaired) electrons. The van der Waals surface area contributed by atoms with Gasteiger partial charge in [0.15, 0.2) is 6.61 Å². The van der Waals surface area contributed by atoms with Crippen LogP contribution in [0.2, 0.25) is 0 Å². The van der Waals surface area contributed by atoms with E-state index < -0.39 is 13.0 Å². The molecule has 6 rings (SSSR count). The van der Waals surface area contributed by atoms with E-state index in [2.05, 4.69) is 63.3 Å². The highest BCUT2D eigenvalue weighted by molar-refractivity contribution is 5.76. The Hall–Kier alpha value is -3.67. The molecule has 2 saturated heterocycles. The van der Waals surface area contributed by atoms with Crippen LogP contribution in [-0.2, 0) is 16.1 Å². The van der Waals surface area contributed by atoms with Crippen LogP contribution in [0, 0.1) is 0 Å². The second kappa shape index (κ2) is 14.8. The predicted molar refractivity (Wildman–Crippen MR) is 169 cm³/mol. The van der Waals surface area contributed by atoms with Gasteiger partial charge in [0.05, 0.1) is 25.7 Å². The summed E-state index contributed by atoms with van der Waals surface area (Å²) < 4.78 is 43.2. The molecule has 0 unspecified atom stereocenters. The van der Waals surface area contributed by atoms with Gasteiger partial charge in [0.1, 0.15) is 5.82 Å². The first-order valence-electron chi connectivity index (χ1n) is 16.2. The first kappa shape index (κ1) is 32.3. The van der Waals surface area contributed by atoms with Gasteiger partial charge in [0.2, 0.25) is 17.7 Å². The summed E-state index contributed by atoms with van der Waals surface area (Å²) in [5.41, 5.74) is 3.00. The van der Waals surface area contributed by atoms with E-state index in [-0.39, 0.29) is 35.7 Å². The van der Waals surface area contributed by atoms with E-state index in [1.165, 1.54) is 11.1 Å². The Kier molecular flexibility index (Phi) is 10.4. The zero-order valence-corrected chi connectivity index (χ0v) is 26.6. The fraction of sp³-hybridized carbons (Fsp3) is 0.514. The first-order valence-corrected chi connectivity index (χ1v) is 16.2. The largest absolute Gasteiger partial charge is 0.481 e. The number of halogens is 2. The average molecular weight is 636 g/mol. The van der Waals surface area contributed by atoms with Gasteiger partial charge in [0.25, 0.3) is 6.43 Å². The summed E-state index contributed by atoms with van der Waals surface area (Å²) in [7, 11) is 3.15. The molecule has 0 spiro atoms. The van der Waals surface area contributed by atoms with Crippen molar-refractivity contribution in [2.24, 2.45) is 0 Å². The maximum Gasteiger partial charge on any atom is 0.272 e. The molecule has 1 aliphatic carbocycles. The van der Waals surface area contributed by atoms with E-state index in [0.29, 0.717) is 63.0 Å². The normalized spacial score (nSPS) is 20.6. The number of fused-ring (bicyclic) bond motifs is 1. The number of aromatic nitrogens is 2. The molecule has 9 nitrogen and oxygen atoms in total. The second-order valence-corrected chi connectivity index (χ2v) is 12.4. The number of nitrogens with zero attached hydrogens (tertiary/aromatic N) is 5. The number of carbonyl (C=O) groups is 1. The number of benzene rings is 2. The lowest BCUT2D eigenvalue weighted by Gasteiger charge is -2.53. The fourth-order valence-corrected chi connectivity index (χ4v) is 6.94. The molecule has 3 aliphatic rings. The molecule has 11 heteroatoms. The Morgan fingerprint density at radius 2 is 1.59 bits per heavy atom. The van der Waals surface area contributed by atoms with Gasteiger partial charge in [-0.2, -0.15) is 9.97 Å². The summed E-state index contributed by atoms with van der Waals surface area (Å²) in [5, 5.41) is 0. The second-order valence-electron chi connectivity index (χ2n) is 12.4. The lowest BCUT2D eigenvalue weighted by atomic mass is 9.81.